The van der Waals surface area contributed by atoms with Crippen molar-refractivity contribution in [3.8, 4) is 6.19 Å². The predicted octanol–water partition coefficient (Wildman–Crippen LogP) is 3.56. The Morgan fingerprint density at radius 3 is 2.74 bits per heavy atom. The van der Waals surface area contributed by atoms with E-state index < -0.39 is 4.92 Å². The molecule has 1 N–H and O–H groups in total. The third-order valence-electron chi connectivity index (χ3n) is 2.59. The second-order valence-corrected chi connectivity index (χ2v) is 5.90. The molecule has 0 spiro atoms. The molecule has 2 aromatic rings. The maximum atomic E-state index is 11.0. The highest BCUT2D eigenvalue weighted by Crippen LogP contribution is 2.33. The molecule has 9 heteroatoms. The van der Waals surface area contributed by atoms with Crippen molar-refractivity contribution in [1.82, 2.24) is 10.3 Å². The lowest BCUT2D eigenvalue weighted by molar-refractivity contribution is -0.388. The second-order valence-electron chi connectivity index (χ2n) is 4.04. The maximum absolute atomic E-state index is 11.0. The molecule has 0 fully saturated rings. The van der Waals surface area contributed by atoms with E-state index in [0.29, 0.717) is 15.9 Å². The third-order valence-corrected chi connectivity index (χ3v) is 4.18. The highest BCUT2D eigenvalue weighted by atomic mass is 32.2. The van der Waals surface area contributed by atoms with Crippen LogP contribution in [0, 0.1) is 21.6 Å². The van der Waals surface area contributed by atoms with E-state index in [2.05, 4.69) is 15.3 Å². The Kier molecular flexibility index (Phi) is 5.96. The normalized spacial score (nSPS) is 10.9. The number of hydrogen-bond donors (Lipinski definition) is 1. The summed E-state index contributed by atoms with van der Waals surface area (Å²) >= 11 is 2.54. The number of thioether (sulfide) groups is 1. The molecule has 0 aliphatic carbocycles. The summed E-state index contributed by atoms with van der Waals surface area (Å²) in [6.45, 7) is 0. The van der Waals surface area contributed by atoms with Crippen LogP contribution < -0.4 is 5.32 Å². The summed E-state index contributed by atoms with van der Waals surface area (Å²) in [7, 11) is 0. The van der Waals surface area contributed by atoms with Crippen LogP contribution in [0.3, 0.4) is 0 Å². The van der Waals surface area contributed by atoms with Gasteiger partial charge in [-0.3, -0.25) is 15.4 Å². The number of nitrogens with one attached hydrogen (secondary N) is 1. The van der Waals surface area contributed by atoms with Crippen LogP contribution in [0.2, 0.25) is 0 Å². The number of nitriles is 1. The van der Waals surface area contributed by atoms with Crippen LogP contribution in [-0.4, -0.2) is 21.3 Å². The first-order valence-corrected chi connectivity index (χ1v) is 8.33. The van der Waals surface area contributed by atoms with Crippen molar-refractivity contribution in [2.24, 2.45) is 4.99 Å². The molecule has 1 aromatic carbocycles. The summed E-state index contributed by atoms with van der Waals surface area (Å²) in [5.41, 5.74) is 0.652. The molecule has 7 nitrogen and oxygen atoms in total. The quantitative estimate of drug-likeness (QED) is 0.225. The summed E-state index contributed by atoms with van der Waals surface area (Å²) in [4.78, 5) is 19.7. The fraction of sp³-hybridized carbons (Fsp3) is 0.0714. The van der Waals surface area contributed by atoms with Crippen LogP contribution in [0.5, 0.6) is 0 Å². The predicted molar refractivity (Wildman–Crippen MR) is 90.8 cm³/mol. The van der Waals surface area contributed by atoms with Gasteiger partial charge in [0, 0.05) is 17.2 Å². The SMILES string of the molecule is CSC(=Nc1ccc(Sc2ncccc2[N+](=O)[O-])cc1)NC#N. The Bertz CT molecular complexity index is 771. The highest BCUT2D eigenvalue weighted by molar-refractivity contribution is 8.13. The van der Waals surface area contributed by atoms with Gasteiger partial charge in [0.1, 0.15) is 0 Å². The van der Waals surface area contributed by atoms with E-state index in [0.717, 1.165) is 4.90 Å². The highest BCUT2D eigenvalue weighted by Gasteiger charge is 2.15. The topological polar surface area (TPSA) is 104 Å². The van der Waals surface area contributed by atoms with Crippen molar-refractivity contribution < 1.29 is 4.92 Å². The van der Waals surface area contributed by atoms with E-state index in [1.165, 1.54) is 41.9 Å². The molecule has 1 aromatic heterocycles. The van der Waals surface area contributed by atoms with Gasteiger partial charge in [0.2, 0.25) is 0 Å². The van der Waals surface area contributed by atoms with E-state index in [9.17, 15) is 10.1 Å². The molecule has 116 valence electrons. The summed E-state index contributed by atoms with van der Waals surface area (Å²) in [5, 5.41) is 22.9. The number of pyridine rings is 1. The van der Waals surface area contributed by atoms with Gasteiger partial charge in [0.15, 0.2) is 16.4 Å². The molecule has 0 saturated carbocycles. The van der Waals surface area contributed by atoms with Crippen LogP contribution in [0.15, 0.2) is 57.5 Å². The third kappa shape index (κ3) is 4.70. The number of amidine groups is 1. The number of benzene rings is 1. The molecule has 0 atom stereocenters. The number of nitrogens with zero attached hydrogens (tertiary/aromatic N) is 4. The van der Waals surface area contributed by atoms with Gasteiger partial charge in [-0.05, 0) is 36.6 Å². The standard InChI is InChI=1S/C14H11N5O2S2/c1-22-14(17-9-15)18-10-4-6-11(7-5-10)23-13-12(19(20)21)3-2-8-16-13/h2-8H,1H3,(H,17,18). The van der Waals surface area contributed by atoms with E-state index in [4.69, 9.17) is 5.26 Å². The lowest BCUT2D eigenvalue weighted by atomic mass is 10.3. The molecule has 0 unspecified atom stereocenters. The van der Waals surface area contributed by atoms with Gasteiger partial charge in [0.05, 0.1) is 10.6 Å². The van der Waals surface area contributed by atoms with Crippen molar-refractivity contribution in [2.75, 3.05) is 6.26 Å². The molecule has 1 heterocycles. The Morgan fingerprint density at radius 1 is 1.39 bits per heavy atom. The molecule has 0 aliphatic rings. The first-order valence-electron chi connectivity index (χ1n) is 6.29. The average molecular weight is 345 g/mol. The summed E-state index contributed by atoms with van der Waals surface area (Å²) in [6.07, 6.45) is 5.16. The molecule has 0 aliphatic heterocycles. The Balaban J connectivity index is 2.18. The summed E-state index contributed by atoms with van der Waals surface area (Å²) in [5.74, 6) is 0. The first kappa shape index (κ1) is 16.8. The number of nitro groups is 1. The molecule has 0 saturated heterocycles. The minimum Gasteiger partial charge on any atom is -0.271 e. The van der Waals surface area contributed by atoms with E-state index in [1.807, 2.05) is 12.4 Å². The largest absolute Gasteiger partial charge is 0.301 e. The van der Waals surface area contributed by atoms with Gasteiger partial charge >= 0.3 is 5.69 Å². The molecular weight excluding hydrogens is 334 g/mol. The minimum absolute atomic E-state index is 0.0255. The van der Waals surface area contributed by atoms with Gasteiger partial charge in [-0.15, -0.1) is 0 Å². The number of hydrogen-bond acceptors (Lipinski definition) is 7. The van der Waals surface area contributed by atoms with Gasteiger partial charge in [-0.1, -0.05) is 23.5 Å². The molecule has 23 heavy (non-hydrogen) atoms. The van der Waals surface area contributed by atoms with E-state index in [1.54, 1.807) is 24.3 Å². The molecular formula is C14H11N5O2S2. The fourth-order valence-electron chi connectivity index (χ4n) is 1.59. The number of aliphatic imine (C=N–C) groups is 1. The maximum Gasteiger partial charge on any atom is 0.301 e. The van der Waals surface area contributed by atoms with Crippen molar-refractivity contribution >= 4 is 40.1 Å². The van der Waals surface area contributed by atoms with Crippen LogP contribution >= 0.6 is 23.5 Å². The molecule has 0 radical (unpaired) electrons. The second kappa shape index (κ2) is 8.17. The number of rotatable bonds is 4. The smallest absolute Gasteiger partial charge is 0.271 e. The summed E-state index contributed by atoms with van der Waals surface area (Å²) in [6, 6.07) is 10.1. The Hall–Kier alpha value is -2.57. The molecule has 2 rings (SSSR count). The Morgan fingerprint density at radius 2 is 2.13 bits per heavy atom. The zero-order valence-corrected chi connectivity index (χ0v) is 13.6. The van der Waals surface area contributed by atoms with E-state index in [-0.39, 0.29) is 5.69 Å². The van der Waals surface area contributed by atoms with Gasteiger partial charge < -0.3 is 0 Å². The van der Waals surface area contributed by atoms with Gasteiger partial charge in [0.25, 0.3) is 0 Å². The van der Waals surface area contributed by atoms with Crippen LogP contribution in [0.1, 0.15) is 0 Å². The van der Waals surface area contributed by atoms with Crippen molar-refractivity contribution in [3.05, 3.63) is 52.7 Å². The minimum atomic E-state index is -0.452. The van der Waals surface area contributed by atoms with E-state index >= 15 is 0 Å². The number of aromatic nitrogens is 1. The van der Waals surface area contributed by atoms with Crippen molar-refractivity contribution in [2.45, 2.75) is 9.92 Å². The fourth-order valence-corrected chi connectivity index (χ4v) is 2.79. The van der Waals surface area contributed by atoms with Crippen molar-refractivity contribution in [1.29, 1.82) is 5.26 Å². The van der Waals surface area contributed by atoms with Gasteiger partial charge in [-0.2, -0.15) is 5.26 Å². The van der Waals surface area contributed by atoms with Crippen LogP contribution in [-0.2, 0) is 0 Å². The monoisotopic (exact) mass is 345 g/mol. The average Bonchev–Trinajstić information content (AvgIpc) is 2.56. The first-order chi connectivity index (χ1) is 11.1. The lowest BCUT2D eigenvalue weighted by Crippen LogP contribution is -2.12. The van der Waals surface area contributed by atoms with Crippen molar-refractivity contribution in [3.63, 3.8) is 0 Å². The zero-order valence-electron chi connectivity index (χ0n) is 12.0. The molecule has 0 amide bonds. The summed E-state index contributed by atoms with van der Waals surface area (Å²) < 4.78 is 0. The molecule has 0 bridgehead atoms. The lowest BCUT2D eigenvalue weighted by Gasteiger charge is -2.03. The van der Waals surface area contributed by atoms with Crippen LogP contribution in [0.25, 0.3) is 0 Å². The Labute approximate surface area is 141 Å². The zero-order chi connectivity index (χ0) is 16.7. The van der Waals surface area contributed by atoms with Gasteiger partial charge in [-0.25, -0.2) is 9.98 Å². The van der Waals surface area contributed by atoms with Crippen LogP contribution in [0.4, 0.5) is 11.4 Å².